The van der Waals surface area contributed by atoms with Gasteiger partial charge in [0, 0.05) is 10.6 Å². The summed E-state index contributed by atoms with van der Waals surface area (Å²) in [4.78, 5) is 15.2. The molecule has 1 aromatic carbocycles. The van der Waals surface area contributed by atoms with Gasteiger partial charge < -0.3 is 0 Å². The number of carbonyl (C=O) groups is 1. The maximum Gasteiger partial charge on any atom is 0.408 e. The lowest BCUT2D eigenvalue weighted by Gasteiger charge is -2.28. The SMILES string of the molecule is O=C1CN=C(c2ccc(Cl)cc2)NN1CC(F)(F)F. The van der Waals surface area contributed by atoms with Crippen molar-refractivity contribution in [2.75, 3.05) is 13.1 Å². The van der Waals surface area contributed by atoms with Crippen molar-refractivity contribution in [3.05, 3.63) is 34.9 Å². The van der Waals surface area contributed by atoms with E-state index in [1.165, 1.54) is 0 Å². The first-order chi connectivity index (χ1) is 8.85. The van der Waals surface area contributed by atoms with Gasteiger partial charge in [0.05, 0.1) is 0 Å². The van der Waals surface area contributed by atoms with Crippen LogP contribution in [0.3, 0.4) is 0 Å². The number of alkyl halides is 3. The van der Waals surface area contributed by atoms with Crippen molar-refractivity contribution in [2.45, 2.75) is 6.18 Å². The molecule has 19 heavy (non-hydrogen) atoms. The standard InChI is InChI=1S/C11H9ClF3N3O/c12-8-3-1-7(2-4-8)10-16-5-9(19)18(17-10)6-11(13,14)15/h1-4H,5-6H2,(H,16,17). The highest BCUT2D eigenvalue weighted by Crippen LogP contribution is 2.17. The highest BCUT2D eigenvalue weighted by Gasteiger charge is 2.35. The number of nitrogens with zero attached hydrogens (tertiary/aromatic N) is 2. The number of halogens is 4. The molecule has 0 atom stereocenters. The normalized spacial score (nSPS) is 16.1. The van der Waals surface area contributed by atoms with E-state index in [-0.39, 0.29) is 12.4 Å². The van der Waals surface area contributed by atoms with Crippen molar-refractivity contribution in [1.29, 1.82) is 0 Å². The van der Waals surface area contributed by atoms with Gasteiger partial charge in [0.15, 0.2) is 0 Å². The summed E-state index contributed by atoms with van der Waals surface area (Å²) in [5, 5.41) is 1.01. The molecule has 2 rings (SSSR count). The molecule has 0 spiro atoms. The number of hydrogen-bond donors (Lipinski definition) is 1. The quantitative estimate of drug-likeness (QED) is 0.906. The number of rotatable bonds is 2. The van der Waals surface area contributed by atoms with Crippen LogP contribution in [0.1, 0.15) is 5.56 Å². The Labute approximate surface area is 111 Å². The molecule has 1 aliphatic heterocycles. The van der Waals surface area contributed by atoms with Crippen LogP contribution in [0.2, 0.25) is 5.02 Å². The third kappa shape index (κ3) is 3.60. The van der Waals surface area contributed by atoms with Crippen molar-refractivity contribution >= 4 is 23.3 Å². The molecule has 0 saturated carbocycles. The predicted molar refractivity (Wildman–Crippen MR) is 63.8 cm³/mol. The number of aliphatic imine (C=N–C) groups is 1. The summed E-state index contributed by atoms with van der Waals surface area (Å²) < 4.78 is 36.9. The molecule has 0 aromatic heterocycles. The molecule has 0 fully saturated rings. The molecule has 102 valence electrons. The largest absolute Gasteiger partial charge is 0.408 e. The van der Waals surface area contributed by atoms with E-state index in [1.807, 2.05) is 0 Å². The Hall–Kier alpha value is -1.76. The summed E-state index contributed by atoms with van der Waals surface area (Å²) in [6.45, 7) is -1.68. The number of hydrogen-bond acceptors (Lipinski definition) is 3. The van der Waals surface area contributed by atoms with Gasteiger partial charge in [-0.15, -0.1) is 0 Å². The van der Waals surface area contributed by atoms with Crippen LogP contribution in [0, 0.1) is 0 Å². The molecule has 8 heteroatoms. The highest BCUT2D eigenvalue weighted by molar-refractivity contribution is 6.30. The zero-order valence-corrected chi connectivity index (χ0v) is 10.3. The summed E-state index contributed by atoms with van der Waals surface area (Å²) in [6, 6.07) is 6.39. The second-order valence-corrected chi connectivity index (χ2v) is 4.32. The van der Waals surface area contributed by atoms with Gasteiger partial charge in [0.25, 0.3) is 5.91 Å². The van der Waals surface area contributed by atoms with Gasteiger partial charge >= 0.3 is 6.18 Å². The monoisotopic (exact) mass is 291 g/mol. The van der Waals surface area contributed by atoms with Crippen molar-refractivity contribution in [2.24, 2.45) is 4.99 Å². The minimum atomic E-state index is -4.47. The molecule has 1 amide bonds. The third-order valence-corrected chi connectivity index (χ3v) is 2.62. The van der Waals surface area contributed by atoms with Gasteiger partial charge in [-0.3, -0.25) is 15.2 Å². The predicted octanol–water partition coefficient (Wildman–Crippen LogP) is 2.00. The number of amidine groups is 1. The van der Waals surface area contributed by atoms with Crippen molar-refractivity contribution in [1.82, 2.24) is 10.4 Å². The van der Waals surface area contributed by atoms with Gasteiger partial charge in [-0.1, -0.05) is 11.6 Å². The molecule has 1 aromatic rings. The smallest absolute Gasteiger partial charge is 0.279 e. The second kappa shape index (κ2) is 5.08. The average Bonchev–Trinajstić information content (AvgIpc) is 2.31. The number of hydrazine groups is 1. The Morgan fingerprint density at radius 3 is 2.53 bits per heavy atom. The van der Waals surface area contributed by atoms with Crippen LogP contribution in [-0.4, -0.2) is 36.0 Å². The second-order valence-electron chi connectivity index (χ2n) is 3.88. The summed E-state index contributed by atoms with van der Waals surface area (Å²) in [7, 11) is 0. The maximum atomic E-state index is 12.3. The fourth-order valence-corrected chi connectivity index (χ4v) is 1.65. The number of carbonyl (C=O) groups excluding carboxylic acids is 1. The lowest BCUT2D eigenvalue weighted by Crippen LogP contribution is -2.54. The van der Waals surface area contributed by atoms with Gasteiger partial charge in [-0.25, -0.2) is 5.01 Å². The Kier molecular flexibility index (Phi) is 3.66. The van der Waals surface area contributed by atoms with E-state index >= 15 is 0 Å². The lowest BCUT2D eigenvalue weighted by molar-refractivity contribution is -0.164. The van der Waals surface area contributed by atoms with Crippen LogP contribution in [-0.2, 0) is 4.79 Å². The van der Waals surface area contributed by atoms with Crippen LogP contribution in [0.15, 0.2) is 29.3 Å². The first kappa shape index (κ1) is 13.7. The fraction of sp³-hybridized carbons (Fsp3) is 0.273. The first-order valence-electron chi connectivity index (χ1n) is 5.29. The van der Waals surface area contributed by atoms with Gasteiger partial charge in [0.1, 0.15) is 18.9 Å². The molecule has 0 unspecified atom stereocenters. The number of benzene rings is 1. The van der Waals surface area contributed by atoms with E-state index in [4.69, 9.17) is 11.6 Å². The first-order valence-corrected chi connectivity index (χ1v) is 5.67. The van der Waals surface area contributed by atoms with E-state index < -0.39 is 18.6 Å². The van der Waals surface area contributed by atoms with E-state index in [2.05, 4.69) is 10.4 Å². The fourth-order valence-electron chi connectivity index (χ4n) is 1.53. The van der Waals surface area contributed by atoms with Crippen LogP contribution in [0.4, 0.5) is 13.2 Å². The number of amides is 1. The minimum Gasteiger partial charge on any atom is -0.279 e. The van der Waals surface area contributed by atoms with E-state index in [9.17, 15) is 18.0 Å². The zero-order valence-electron chi connectivity index (χ0n) is 9.54. The van der Waals surface area contributed by atoms with Crippen LogP contribution in [0.25, 0.3) is 0 Å². The molecule has 0 bridgehead atoms. The maximum absolute atomic E-state index is 12.3. The van der Waals surface area contributed by atoms with E-state index in [0.717, 1.165) is 0 Å². The lowest BCUT2D eigenvalue weighted by atomic mass is 10.2. The average molecular weight is 292 g/mol. The van der Waals surface area contributed by atoms with Crippen molar-refractivity contribution < 1.29 is 18.0 Å². The zero-order chi connectivity index (χ0) is 14.0. The van der Waals surface area contributed by atoms with Crippen molar-refractivity contribution in [3.8, 4) is 0 Å². The summed E-state index contributed by atoms with van der Waals surface area (Å²) in [6.07, 6.45) is -4.47. The molecule has 1 aliphatic rings. The van der Waals surface area contributed by atoms with E-state index in [1.54, 1.807) is 24.3 Å². The highest BCUT2D eigenvalue weighted by atomic mass is 35.5. The molecule has 1 N–H and O–H groups in total. The molecular weight excluding hydrogens is 283 g/mol. The summed E-state index contributed by atoms with van der Waals surface area (Å²) in [5.74, 6) is -0.518. The Morgan fingerprint density at radius 1 is 1.32 bits per heavy atom. The summed E-state index contributed by atoms with van der Waals surface area (Å²) >= 11 is 5.72. The minimum absolute atomic E-state index is 0.209. The molecule has 4 nitrogen and oxygen atoms in total. The topological polar surface area (TPSA) is 44.7 Å². The van der Waals surface area contributed by atoms with Crippen LogP contribution in [0.5, 0.6) is 0 Å². The van der Waals surface area contributed by atoms with E-state index in [0.29, 0.717) is 15.6 Å². The number of nitrogens with one attached hydrogen (secondary N) is 1. The molecule has 1 heterocycles. The van der Waals surface area contributed by atoms with Crippen LogP contribution < -0.4 is 5.43 Å². The van der Waals surface area contributed by atoms with Crippen LogP contribution >= 0.6 is 11.6 Å². The molecule has 0 saturated heterocycles. The molecule has 0 radical (unpaired) electrons. The van der Waals surface area contributed by atoms with Gasteiger partial charge in [0.2, 0.25) is 0 Å². The third-order valence-electron chi connectivity index (χ3n) is 2.37. The van der Waals surface area contributed by atoms with Gasteiger partial charge in [-0.2, -0.15) is 13.2 Å². The molecular formula is C11H9ClF3N3O. The summed E-state index contributed by atoms with van der Waals surface area (Å²) in [5.41, 5.74) is 2.93. The Morgan fingerprint density at radius 2 is 1.95 bits per heavy atom. The molecule has 0 aliphatic carbocycles. The Balaban J connectivity index is 2.16. The van der Waals surface area contributed by atoms with Crippen molar-refractivity contribution in [3.63, 3.8) is 0 Å². The Bertz CT molecular complexity index is 513. The van der Waals surface area contributed by atoms with Gasteiger partial charge in [-0.05, 0) is 24.3 Å².